The maximum absolute atomic E-state index is 5.63. The van der Waals surface area contributed by atoms with E-state index >= 15 is 0 Å². The van der Waals surface area contributed by atoms with Gasteiger partial charge in [-0.1, -0.05) is 13.8 Å². The minimum absolute atomic E-state index is 0.377. The van der Waals surface area contributed by atoms with Crippen LogP contribution in [-0.4, -0.2) is 19.6 Å². The van der Waals surface area contributed by atoms with E-state index in [9.17, 15) is 0 Å². The minimum Gasteiger partial charge on any atom is -0.325 e. The number of hydrogen-bond donors (Lipinski definition) is 1. The Morgan fingerprint density at radius 3 is 2.93 bits per heavy atom. The minimum atomic E-state index is 0.377. The highest BCUT2D eigenvalue weighted by Crippen LogP contribution is 2.13. The molecule has 0 aliphatic carbocycles. The number of nitrogens with zero attached hydrogens (tertiary/aromatic N) is 4. The lowest BCUT2D eigenvalue weighted by molar-refractivity contribution is 0.774. The van der Waals surface area contributed by atoms with E-state index in [-0.39, 0.29) is 0 Å². The lowest BCUT2D eigenvalue weighted by Crippen LogP contribution is -2.08. The van der Waals surface area contributed by atoms with Crippen molar-refractivity contribution >= 4 is 5.78 Å². The molecule has 5 heteroatoms. The predicted octanol–water partition coefficient (Wildman–Crippen LogP) is 0.706. The summed E-state index contributed by atoms with van der Waals surface area (Å²) in [5.41, 5.74) is 7.57. The lowest BCUT2D eigenvalue weighted by atomic mass is 10.1. The van der Waals surface area contributed by atoms with Crippen LogP contribution in [0.3, 0.4) is 0 Å². The van der Waals surface area contributed by atoms with Gasteiger partial charge in [-0.05, 0) is 12.0 Å². The maximum Gasteiger partial charge on any atom is 0.252 e. The van der Waals surface area contributed by atoms with Gasteiger partial charge in [0.25, 0.3) is 5.78 Å². The van der Waals surface area contributed by atoms with Crippen molar-refractivity contribution in [3.8, 4) is 0 Å². The fourth-order valence-electron chi connectivity index (χ4n) is 1.34. The van der Waals surface area contributed by atoms with Crippen molar-refractivity contribution in [1.29, 1.82) is 0 Å². The van der Waals surface area contributed by atoms with Crippen LogP contribution in [0, 0.1) is 0 Å². The molecule has 0 spiro atoms. The summed E-state index contributed by atoms with van der Waals surface area (Å²) in [6.07, 6.45) is 1.49. The molecule has 5 nitrogen and oxygen atoms in total. The first-order valence-corrected chi connectivity index (χ1v) is 4.62. The first kappa shape index (κ1) is 9.08. The second-order valence-electron chi connectivity index (χ2n) is 3.50. The summed E-state index contributed by atoms with van der Waals surface area (Å²) < 4.78 is 1.67. The second-order valence-corrected chi connectivity index (χ2v) is 3.50. The van der Waals surface area contributed by atoms with Gasteiger partial charge >= 0.3 is 0 Å². The topological polar surface area (TPSA) is 69.1 Å². The first-order valence-electron chi connectivity index (χ1n) is 4.62. The molecular formula is C9H13N5. The Labute approximate surface area is 82.0 Å². The predicted molar refractivity (Wildman–Crippen MR) is 52.8 cm³/mol. The summed E-state index contributed by atoms with van der Waals surface area (Å²) in [4.78, 5) is 8.43. The Bertz CT molecular complexity index is 445. The Morgan fingerprint density at radius 2 is 2.29 bits per heavy atom. The van der Waals surface area contributed by atoms with Crippen molar-refractivity contribution in [2.75, 3.05) is 0 Å². The Kier molecular flexibility index (Phi) is 2.17. The molecule has 2 N–H and O–H groups in total. The van der Waals surface area contributed by atoms with Crippen molar-refractivity contribution in [3.63, 3.8) is 0 Å². The van der Waals surface area contributed by atoms with Crippen LogP contribution in [0.15, 0.2) is 12.4 Å². The molecule has 0 amide bonds. The standard InChI is InChI=1S/C9H13N5/c1-6(2)8-3-7(4-10)14-9(13-8)11-5-12-14/h3,5-6H,4,10H2,1-2H3. The number of rotatable bonds is 2. The highest BCUT2D eigenvalue weighted by atomic mass is 15.3. The van der Waals surface area contributed by atoms with Crippen LogP contribution in [0.4, 0.5) is 0 Å². The smallest absolute Gasteiger partial charge is 0.252 e. The van der Waals surface area contributed by atoms with E-state index < -0.39 is 0 Å². The van der Waals surface area contributed by atoms with Crippen LogP contribution in [0.1, 0.15) is 31.2 Å². The average molecular weight is 191 g/mol. The zero-order valence-electron chi connectivity index (χ0n) is 8.31. The molecule has 2 heterocycles. The Hall–Kier alpha value is -1.49. The molecule has 2 aromatic rings. The fraction of sp³-hybridized carbons (Fsp3) is 0.444. The summed E-state index contributed by atoms with van der Waals surface area (Å²) in [5.74, 6) is 0.999. The van der Waals surface area contributed by atoms with Crippen LogP contribution in [0.25, 0.3) is 5.78 Å². The monoisotopic (exact) mass is 191 g/mol. The van der Waals surface area contributed by atoms with Crippen LogP contribution < -0.4 is 5.73 Å². The van der Waals surface area contributed by atoms with Gasteiger partial charge in [0.2, 0.25) is 0 Å². The quantitative estimate of drug-likeness (QED) is 0.758. The highest BCUT2D eigenvalue weighted by Gasteiger charge is 2.08. The molecule has 0 bridgehead atoms. The average Bonchev–Trinajstić information content (AvgIpc) is 2.63. The van der Waals surface area contributed by atoms with Gasteiger partial charge in [0.1, 0.15) is 6.33 Å². The van der Waals surface area contributed by atoms with Crippen LogP contribution in [0.5, 0.6) is 0 Å². The van der Waals surface area contributed by atoms with E-state index in [1.165, 1.54) is 6.33 Å². The summed E-state index contributed by atoms with van der Waals surface area (Å²) in [6, 6.07) is 1.98. The van der Waals surface area contributed by atoms with Crippen molar-refractivity contribution in [1.82, 2.24) is 19.6 Å². The van der Waals surface area contributed by atoms with E-state index in [1.54, 1.807) is 4.52 Å². The van der Waals surface area contributed by atoms with Crippen molar-refractivity contribution in [2.45, 2.75) is 26.3 Å². The van der Waals surface area contributed by atoms with Gasteiger partial charge in [-0.25, -0.2) is 9.50 Å². The van der Waals surface area contributed by atoms with E-state index in [0.29, 0.717) is 18.2 Å². The van der Waals surface area contributed by atoms with Crippen molar-refractivity contribution in [3.05, 3.63) is 23.8 Å². The molecule has 0 aliphatic heterocycles. The van der Waals surface area contributed by atoms with E-state index in [2.05, 4.69) is 28.9 Å². The normalized spacial score (nSPS) is 11.4. The molecular weight excluding hydrogens is 178 g/mol. The molecule has 0 fully saturated rings. The second kappa shape index (κ2) is 3.34. The summed E-state index contributed by atoms with van der Waals surface area (Å²) in [6.45, 7) is 4.63. The first-order chi connectivity index (χ1) is 6.72. The van der Waals surface area contributed by atoms with E-state index in [1.807, 2.05) is 6.07 Å². The molecule has 0 radical (unpaired) electrons. The third kappa shape index (κ3) is 1.35. The summed E-state index contributed by atoms with van der Waals surface area (Å²) >= 11 is 0. The lowest BCUT2D eigenvalue weighted by Gasteiger charge is -2.07. The van der Waals surface area contributed by atoms with Gasteiger partial charge < -0.3 is 5.73 Å². The largest absolute Gasteiger partial charge is 0.325 e. The molecule has 14 heavy (non-hydrogen) atoms. The summed E-state index contributed by atoms with van der Waals surface area (Å²) in [7, 11) is 0. The van der Waals surface area contributed by atoms with Gasteiger partial charge in [-0.3, -0.25) is 0 Å². The third-order valence-electron chi connectivity index (χ3n) is 2.15. The summed E-state index contributed by atoms with van der Waals surface area (Å²) in [5, 5.41) is 4.05. The Balaban J connectivity index is 2.67. The number of hydrogen-bond acceptors (Lipinski definition) is 4. The number of fused-ring (bicyclic) bond motifs is 1. The van der Waals surface area contributed by atoms with E-state index in [4.69, 9.17) is 5.73 Å². The molecule has 0 unspecified atom stereocenters. The molecule has 0 saturated heterocycles. The molecule has 0 saturated carbocycles. The molecule has 2 aromatic heterocycles. The molecule has 2 rings (SSSR count). The highest BCUT2D eigenvalue weighted by molar-refractivity contribution is 5.31. The Morgan fingerprint density at radius 1 is 1.50 bits per heavy atom. The molecule has 74 valence electrons. The number of aromatic nitrogens is 4. The number of nitrogens with two attached hydrogens (primary N) is 1. The maximum atomic E-state index is 5.63. The third-order valence-corrected chi connectivity index (χ3v) is 2.15. The SMILES string of the molecule is CC(C)c1cc(CN)n2ncnc2n1. The molecule has 0 atom stereocenters. The molecule has 0 aromatic carbocycles. The van der Waals surface area contributed by atoms with Crippen LogP contribution in [-0.2, 0) is 6.54 Å². The fourth-order valence-corrected chi connectivity index (χ4v) is 1.34. The zero-order chi connectivity index (χ0) is 10.1. The van der Waals surface area contributed by atoms with Crippen LogP contribution >= 0.6 is 0 Å². The van der Waals surface area contributed by atoms with Gasteiger partial charge in [0, 0.05) is 12.2 Å². The van der Waals surface area contributed by atoms with Gasteiger partial charge in [-0.15, -0.1) is 0 Å². The van der Waals surface area contributed by atoms with Gasteiger partial charge in [0.15, 0.2) is 0 Å². The van der Waals surface area contributed by atoms with Crippen molar-refractivity contribution < 1.29 is 0 Å². The van der Waals surface area contributed by atoms with E-state index in [0.717, 1.165) is 11.4 Å². The van der Waals surface area contributed by atoms with Crippen LogP contribution in [0.2, 0.25) is 0 Å². The zero-order valence-corrected chi connectivity index (χ0v) is 8.31. The van der Waals surface area contributed by atoms with Crippen molar-refractivity contribution in [2.24, 2.45) is 5.73 Å². The van der Waals surface area contributed by atoms with Gasteiger partial charge in [0.05, 0.1) is 5.69 Å². The molecule has 0 aliphatic rings. The van der Waals surface area contributed by atoms with Gasteiger partial charge in [-0.2, -0.15) is 10.1 Å².